The van der Waals surface area contributed by atoms with E-state index in [0.717, 1.165) is 5.56 Å². The van der Waals surface area contributed by atoms with Crippen LogP contribution in [-0.2, 0) is 0 Å². The highest BCUT2D eigenvalue weighted by Gasteiger charge is 2.38. The summed E-state index contributed by atoms with van der Waals surface area (Å²) in [5, 5.41) is 19.5. The van der Waals surface area contributed by atoms with E-state index in [-0.39, 0.29) is 0 Å². The van der Waals surface area contributed by atoms with Crippen molar-refractivity contribution < 1.29 is 15.0 Å². The molecule has 17 heavy (non-hydrogen) atoms. The summed E-state index contributed by atoms with van der Waals surface area (Å²) in [6.45, 7) is 2.20. The van der Waals surface area contributed by atoms with Gasteiger partial charge in [-0.2, -0.15) is 0 Å². The van der Waals surface area contributed by atoms with E-state index >= 15 is 0 Å². The number of aryl methyl sites for hydroxylation is 1. The molecule has 0 saturated carbocycles. The zero-order chi connectivity index (χ0) is 12.6. The molecule has 0 aliphatic carbocycles. The van der Waals surface area contributed by atoms with Crippen LogP contribution in [0, 0.1) is 6.92 Å². The van der Waals surface area contributed by atoms with Crippen LogP contribution in [0.1, 0.15) is 23.6 Å². The molecule has 5 heteroatoms. The van der Waals surface area contributed by atoms with Crippen molar-refractivity contribution in [3.05, 3.63) is 34.3 Å². The molecule has 1 saturated heterocycles. The van der Waals surface area contributed by atoms with Crippen LogP contribution < -0.4 is 0 Å². The van der Waals surface area contributed by atoms with Crippen molar-refractivity contribution in [1.82, 2.24) is 4.90 Å². The molecule has 0 aromatic heterocycles. The molecule has 1 heterocycles. The van der Waals surface area contributed by atoms with Gasteiger partial charge < -0.3 is 10.2 Å². The van der Waals surface area contributed by atoms with Gasteiger partial charge in [0.2, 0.25) is 0 Å². The predicted octanol–water partition coefficient (Wildman–Crippen LogP) is 2.43. The molecule has 1 amide bonds. The van der Waals surface area contributed by atoms with Gasteiger partial charge in [0, 0.05) is 11.6 Å². The van der Waals surface area contributed by atoms with Crippen LogP contribution >= 0.6 is 11.6 Å². The minimum atomic E-state index is -1.02. The minimum absolute atomic E-state index is 0.339. The lowest BCUT2D eigenvalue weighted by molar-refractivity contribution is 0.100. The van der Waals surface area contributed by atoms with Crippen LogP contribution in [0.25, 0.3) is 0 Å². The Balaban J connectivity index is 2.43. The second-order valence-electron chi connectivity index (χ2n) is 4.25. The van der Waals surface area contributed by atoms with E-state index in [1.165, 1.54) is 4.90 Å². The third-order valence-electron chi connectivity index (χ3n) is 3.15. The van der Waals surface area contributed by atoms with Crippen molar-refractivity contribution in [1.29, 1.82) is 0 Å². The number of carboxylic acid groups (broad SMARTS) is 1. The summed E-state index contributed by atoms with van der Waals surface area (Å²) < 4.78 is 0. The van der Waals surface area contributed by atoms with Crippen LogP contribution in [0.15, 0.2) is 18.2 Å². The number of likely N-dealkylation sites (tertiary alicyclic amines) is 1. The molecular weight excluding hydrogens is 242 g/mol. The number of amides is 1. The van der Waals surface area contributed by atoms with Gasteiger partial charge in [-0.1, -0.05) is 29.8 Å². The quantitative estimate of drug-likeness (QED) is 0.810. The van der Waals surface area contributed by atoms with Gasteiger partial charge in [0.1, 0.15) is 0 Å². The Kier molecular flexibility index (Phi) is 3.26. The third-order valence-corrected chi connectivity index (χ3v) is 3.67. The van der Waals surface area contributed by atoms with Gasteiger partial charge in [0.15, 0.2) is 0 Å². The van der Waals surface area contributed by atoms with Crippen molar-refractivity contribution in [2.24, 2.45) is 0 Å². The molecule has 1 aromatic carbocycles. The lowest BCUT2D eigenvalue weighted by atomic mass is 10.0. The minimum Gasteiger partial charge on any atom is -0.465 e. The van der Waals surface area contributed by atoms with Crippen molar-refractivity contribution in [3.63, 3.8) is 0 Å². The Morgan fingerprint density at radius 3 is 2.88 bits per heavy atom. The Bertz CT molecular complexity index is 449. The van der Waals surface area contributed by atoms with Crippen LogP contribution in [0.4, 0.5) is 4.79 Å². The second kappa shape index (κ2) is 4.55. The molecule has 1 aliphatic heterocycles. The maximum atomic E-state index is 11.1. The number of hydrogen-bond donors (Lipinski definition) is 2. The molecule has 1 aromatic rings. The molecule has 1 unspecified atom stereocenters. The smallest absolute Gasteiger partial charge is 0.407 e. The summed E-state index contributed by atoms with van der Waals surface area (Å²) in [6, 6.07) is 4.89. The van der Waals surface area contributed by atoms with E-state index in [4.69, 9.17) is 16.7 Å². The first-order valence-corrected chi connectivity index (χ1v) is 5.83. The number of halogens is 1. The van der Waals surface area contributed by atoms with Crippen molar-refractivity contribution in [2.45, 2.75) is 25.5 Å². The van der Waals surface area contributed by atoms with E-state index in [1.807, 2.05) is 19.1 Å². The van der Waals surface area contributed by atoms with Gasteiger partial charge in [0.05, 0.1) is 12.1 Å². The Labute approximate surface area is 104 Å². The number of hydrogen-bond acceptors (Lipinski definition) is 2. The summed E-state index contributed by atoms with van der Waals surface area (Å²) in [6.07, 6.45) is -1.27. The maximum absolute atomic E-state index is 11.1. The number of aliphatic hydroxyl groups excluding tert-OH is 1. The lowest BCUT2D eigenvalue weighted by Gasteiger charge is -2.25. The molecule has 0 radical (unpaired) electrons. The second-order valence-corrected chi connectivity index (χ2v) is 4.63. The first-order valence-electron chi connectivity index (χ1n) is 5.45. The average molecular weight is 256 g/mol. The van der Waals surface area contributed by atoms with Crippen LogP contribution in [0.5, 0.6) is 0 Å². The van der Waals surface area contributed by atoms with E-state index < -0.39 is 18.2 Å². The van der Waals surface area contributed by atoms with Gasteiger partial charge >= 0.3 is 6.09 Å². The molecular formula is C12H14ClNO3. The monoisotopic (exact) mass is 255 g/mol. The van der Waals surface area contributed by atoms with Crippen molar-refractivity contribution in [2.75, 3.05) is 6.54 Å². The molecule has 0 spiro atoms. The van der Waals surface area contributed by atoms with Gasteiger partial charge in [-0.15, -0.1) is 0 Å². The molecule has 2 N–H and O–H groups in total. The van der Waals surface area contributed by atoms with Gasteiger partial charge in [-0.05, 0) is 24.5 Å². The molecule has 1 fully saturated rings. The molecule has 2 atom stereocenters. The normalized spacial score (nSPS) is 24.1. The number of aliphatic hydroxyl groups is 1. The predicted molar refractivity (Wildman–Crippen MR) is 64.3 cm³/mol. The fourth-order valence-corrected chi connectivity index (χ4v) is 2.50. The lowest BCUT2D eigenvalue weighted by Crippen LogP contribution is -2.32. The van der Waals surface area contributed by atoms with E-state index in [1.54, 1.807) is 6.07 Å². The molecule has 92 valence electrons. The summed E-state index contributed by atoms with van der Waals surface area (Å²) in [7, 11) is 0. The summed E-state index contributed by atoms with van der Waals surface area (Å²) >= 11 is 6.18. The average Bonchev–Trinajstić information content (AvgIpc) is 2.65. The zero-order valence-corrected chi connectivity index (χ0v) is 10.2. The maximum Gasteiger partial charge on any atom is 0.407 e. The van der Waals surface area contributed by atoms with Crippen molar-refractivity contribution >= 4 is 17.7 Å². The fourth-order valence-electron chi connectivity index (χ4n) is 2.26. The highest BCUT2D eigenvalue weighted by molar-refractivity contribution is 6.32. The Morgan fingerprint density at radius 2 is 2.24 bits per heavy atom. The molecule has 4 nitrogen and oxygen atoms in total. The van der Waals surface area contributed by atoms with Crippen LogP contribution in [-0.4, -0.2) is 33.9 Å². The summed E-state index contributed by atoms with van der Waals surface area (Å²) in [5.41, 5.74) is 1.56. The number of rotatable bonds is 1. The van der Waals surface area contributed by atoms with Crippen LogP contribution in [0.2, 0.25) is 5.02 Å². The van der Waals surface area contributed by atoms with Gasteiger partial charge in [-0.25, -0.2) is 4.79 Å². The summed E-state index contributed by atoms with van der Waals surface area (Å²) in [4.78, 5) is 12.3. The molecule has 2 rings (SSSR count). The van der Waals surface area contributed by atoms with E-state index in [9.17, 15) is 9.90 Å². The number of benzene rings is 1. The molecule has 0 bridgehead atoms. The number of nitrogens with zero attached hydrogens (tertiary/aromatic N) is 1. The highest BCUT2D eigenvalue weighted by atomic mass is 35.5. The zero-order valence-electron chi connectivity index (χ0n) is 9.43. The first kappa shape index (κ1) is 12.2. The topological polar surface area (TPSA) is 60.8 Å². The van der Waals surface area contributed by atoms with E-state index in [2.05, 4.69) is 0 Å². The van der Waals surface area contributed by atoms with Gasteiger partial charge in [-0.3, -0.25) is 4.90 Å². The van der Waals surface area contributed by atoms with Crippen molar-refractivity contribution in [3.8, 4) is 0 Å². The third kappa shape index (κ3) is 2.10. The molecule has 1 aliphatic rings. The largest absolute Gasteiger partial charge is 0.465 e. The summed E-state index contributed by atoms with van der Waals surface area (Å²) in [5.74, 6) is 0. The highest BCUT2D eigenvalue weighted by Crippen LogP contribution is 2.37. The fraction of sp³-hybridized carbons (Fsp3) is 0.417. The van der Waals surface area contributed by atoms with Gasteiger partial charge in [0.25, 0.3) is 0 Å². The van der Waals surface area contributed by atoms with Crippen LogP contribution in [0.3, 0.4) is 0 Å². The first-order chi connectivity index (χ1) is 8.02. The number of carbonyl (C=O) groups is 1. The Hall–Kier alpha value is -1.26. The standard InChI is InChI=1S/C12H14ClNO3/c1-7-3-2-4-8(10(7)13)11-9(15)5-6-14(11)12(16)17/h2-4,9,11,15H,5-6H2,1H3,(H,16,17)/t9-,11?/m1/s1. The SMILES string of the molecule is Cc1cccc(C2[C@H](O)CCN2C(=O)O)c1Cl. The Morgan fingerprint density at radius 1 is 1.53 bits per heavy atom. The van der Waals surface area contributed by atoms with E-state index in [0.29, 0.717) is 23.6 Å².